The Morgan fingerprint density at radius 2 is 2.00 bits per heavy atom. The second-order valence-corrected chi connectivity index (χ2v) is 11.9. The Bertz CT molecular complexity index is 1050. The predicted octanol–water partition coefficient (Wildman–Crippen LogP) is 3.75. The monoisotopic (exact) mass is 499 g/mol. The summed E-state index contributed by atoms with van der Waals surface area (Å²) < 4.78 is 33.6. The molecule has 32 heavy (non-hydrogen) atoms. The summed E-state index contributed by atoms with van der Waals surface area (Å²) in [7, 11) is -3.77. The number of nitrogens with zero attached hydrogens (tertiary/aromatic N) is 4. The van der Waals surface area contributed by atoms with Gasteiger partial charge in [0.1, 0.15) is 0 Å². The largest absolute Gasteiger partial charge is 0.376 e. The van der Waals surface area contributed by atoms with Gasteiger partial charge < -0.3 is 10.1 Å². The number of rotatable bonds is 8. The average molecular weight is 500 g/mol. The third-order valence-corrected chi connectivity index (χ3v) is 9.33. The van der Waals surface area contributed by atoms with E-state index in [-0.39, 0.29) is 16.7 Å². The lowest BCUT2D eigenvalue weighted by Crippen LogP contribution is -2.31. The number of benzene rings is 1. The molecule has 13 heteroatoms. The summed E-state index contributed by atoms with van der Waals surface area (Å²) in [6.45, 7) is 2.30. The Balaban J connectivity index is 1.49. The van der Waals surface area contributed by atoms with E-state index in [0.717, 1.165) is 63.0 Å². The molecular weight excluding hydrogens is 474 g/mol. The highest BCUT2D eigenvalue weighted by Gasteiger charge is 2.28. The summed E-state index contributed by atoms with van der Waals surface area (Å²) in [5.41, 5.74) is -0.255. The minimum Gasteiger partial charge on any atom is -0.376 e. The van der Waals surface area contributed by atoms with Crippen molar-refractivity contribution in [1.29, 1.82) is 0 Å². The standard InChI is InChI=1S/C19H25N5O5S3/c25-24(26)16-12-15(32(27,28)23-9-3-1-2-4-10-23)7-8-17(16)30-19-22-21-18(31-19)20-13-14-6-5-11-29-14/h7-8,12,14H,1-6,9-11,13H2,(H,20,21). The average Bonchev–Trinajstić information content (AvgIpc) is 3.37. The highest BCUT2D eigenvalue weighted by atomic mass is 32.2. The molecule has 1 N–H and O–H groups in total. The van der Waals surface area contributed by atoms with Crippen LogP contribution in [0.25, 0.3) is 0 Å². The Kier molecular flexibility index (Phi) is 7.61. The summed E-state index contributed by atoms with van der Waals surface area (Å²) in [5, 5.41) is 23.7. The minimum absolute atomic E-state index is 0.0494. The van der Waals surface area contributed by atoms with Gasteiger partial charge in [0.25, 0.3) is 5.69 Å². The van der Waals surface area contributed by atoms with Crippen LogP contribution in [0.3, 0.4) is 0 Å². The molecule has 1 atom stereocenters. The fourth-order valence-electron chi connectivity index (χ4n) is 3.74. The maximum absolute atomic E-state index is 13.0. The Morgan fingerprint density at radius 1 is 1.22 bits per heavy atom. The van der Waals surface area contributed by atoms with E-state index >= 15 is 0 Å². The van der Waals surface area contributed by atoms with Crippen LogP contribution in [0, 0.1) is 10.1 Å². The normalized spacial score (nSPS) is 20.2. The summed E-state index contributed by atoms with van der Waals surface area (Å²) in [6.07, 6.45) is 5.81. The first-order valence-electron chi connectivity index (χ1n) is 10.6. The first kappa shape index (κ1) is 23.4. The molecular formula is C19H25N5O5S3. The number of nitro benzene ring substituents is 1. The summed E-state index contributed by atoms with van der Waals surface area (Å²) in [5.74, 6) is 0. The number of nitrogens with one attached hydrogen (secondary N) is 1. The van der Waals surface area contributed by atoms with E-state index in [1.54, 1.807) is 0 Å². The van der Waals surface area contributed by atoms with Crippen molar-refractivity contribution in [3.05, 3.63) is 28.3 Å². The molecule has 1 unspecified atom stereocenters. The Morgan fingerprint density at radius 3 is 2.69 bits per heavy atom. The first-order valence-corrected chi connectivity index (χ1v) is 13.7. The molecule has 1 aromatic heterocycles. The zero-order chi connectivity index (χ0) is 22.6. The minimum atomic E-state index is -3.77. The maximum Gasteiger partial charge on any atom is 0.284 e. The van der Waals surface area contributed by atoms with Gasteiger partial charge in [0, 0.05) is 32.3 Å². The van der Waals surface area contributed by atoms with Crippen molar-refractivity contribution in [2.75, 3.05) is 31.6 Å². The number of nitro groups is 1. The number of anilines is 1. The van der Waals surface area contributed by atoms with Crippen molar-refractivity contribution in [3.8, 4) is 0 Å². The van der Waals surface area contributed by atoms with E-state index in [1.807, 2.05) is 0 Å². The SMILES string of the molecule is O=[N+]([O-])c1cc(S(=O)(=O)N2CCCCCC2)ccc1Sc1nnc(NCC2CCCO2)s1. The summed E-state index contributed by atoms with van der Waals surface area (Å²) >= 11 is 2.39. The van der Waals surface area contributed by atoms with E-state index in [4.69, 9.17) is 4.74 Å². The fourth-order valence-corrected chi connectivity index (χ4v) is 7.08. The van der Waals surface area contributed by atoms with E-state index in [2.05, 4.69) is 15.5 Å². The second-order valence-electron chi connectivity index (χ2n) is 7.70. The Hall–Kier alpha value is -1.80. The number of hydrogen-bond donors (Lipinski definition) is 1. The lowest BCUT2D eigenvalue weighted by atomic mass is 10.2. The number of aromatic nitrogens is 2. The van der Waals surface area contributed by atoms with Crippen LogP contribution in [0.2, 0.25) is 0 Å². The van der Waals surface area contributed by atoms with Gasteiger partial charge in [0.15, 0.2) is 4.34 Å². The molecule has 2 fully saturated rings. The molecule has 2 saturated heterocycles. The van der Waals surface area contributed by atoms with Gasteiger partial charge in [-0.25, -0.2) is 8.42 Å². The van der Waals surface area contributed by atoms with Gasteiger partial charge in [-0.05, 0) is 49.6 Å². The molecule has 174 valence electrons. The predicted molar refractivity (Wildman–Crippen MR) is 122 cm³/mol. The zero-order valence-electron chi connectivity index (χ0n) is 17.4. The van der Waals surface area contributed by atoms with E-state index in [9.17, 15) is 18.5 Å². The topological polar surface area (TPSA) is 128 Å². The molecule has 0 amide bonds. The lowest BCUT2D eigenvalue weighted by Gasteiger charge is -2.20. The van der Waals surface area contributed by atoms with Crippen molar-refractivity contribution in [3.63, 3.8) is 0 Å². The third-order valence-electron chi connectivity index (χ3n) is 5.44. The number of sulfonamides is 1. The van der Waals surface area contributed by atoms with Crippen molar-refractivity contribution < 1.29 is 18.1 Å². The van der Waals surface area contributed by atoms with Crippen LogP contribution in [0.5, 0.6) is 0 Å². The zero-order valence-corrected chi connectivity index (χ0v) is 19.9. The molecule has 2 aliphatic heterocycles. The molecule has 2 aliphatic rings. The quantitative estimate of drug-likeness (QED) is 0.426. The molecule has 1 aromatic carbocycles. The molecule has 2 aromatic rings. The van der Waals surface area contributed by atoms with Crippen LogP contribution in [-0.4, -0.2) is 60.2 Å². The Labute approximate surface area is 194 Å². The van der Waals surface area contributed by atoms with Gasteiger partial charge in [-0.2, -0.15) is 4.31 Å². The highest BCUT2D eigenvalue weighted by Crippen LogP contribution is 2.38. The molecule has 0 saturated carbocycles. The van der Waals surface area contributed by atoms with Crippen LogP contribution in [0.4, 0.5) is 10.8 Å². The summed E-state index contributed by atoms with van der Waals surface area (Å²) in [4.78, 5) is 11.4. The summed E-state index contributed by atoms with van der Waals surface area (Å²) in [6, 6.07) is 4.07. The molecule has 0 spiro atoms. The van der Waals surface area contributed by atoms with Gasteiger partial charge in [0.05, 0.1) is 20.8 Å². The van der Waals surface area contributed by atoms with Crippen molar-refractivity contribution in [2.24, 2.45) is 0 Å². The molecule has 0 radical (unpaired) electrons. The van der Waals surface area contributed by atoms with Crippen LogP contribution >= 0.6 is 23.1 Å². The first-order chi connectivity index (χ1) is 15.4. The van der Waals surface area contributed by atoms with Gasteiger partial charge in [-0.15, -0.1) is 10.2 Å². The van der Waals surface area contributed by atoms with Crippen molar-refractivity contribution in [2.45, 2.75) is 58.8 Å². The van der Waals surface area contributed by atoms with Gasteiger partial charge in [-0.1, -0.05) is 24.2 Å². The molecule has 3 heterocycles. The van der Waals surface area contributed by atoms with Crippen molar-refractivity contribution >= 4 is 43.9 Å². The molecule has 0 bridgehead atoms. The van der Waals surface area contributed by atoms with Crippen LogP contribution in [-0.2, 0) is 14.8 Å². The smallest absolute Gasteiger partial charge is 0.284 e. The van der Waals surface area contributed by atoms with Gasteiger partial charge in [-0.3, -0.25) is 10.1 Å². The van der Waals surface area contributed by atoms with Crippen LogP contribution in [0.15, 0.2) is 32.3 Å². The lowest BCUT2D eigenvalue weighted by molar-refractivity contribution is -0.388. The molecule has 0 aliphatic carbocycles. The van der Waals surface area contributed by atoms with Crippen LogP contribution in [0.1, 0.15) is 38.5 Å². The fraction of sp³-hybridized carbons (Fsp3) is 0.579. The van der Waals surface area contributed by atoms with E-state index < -0.39 is 14.9 Å². The molecule has 4 rings (SSSR count). The number of hydrogen-bond acceptors (Lipinski definition) is 10. The van der Waals surface area contributed by atoms with Crippen LogP contribution < -0.4 is 5.32 Å². The maximum atomic E-state index is 13.0. The highest BCUT2D eigenvalue weighted by molar-refractivity contribution is 8.01. The van der Waals surface area contributed by atoms with Crippen molar-refractivity contribution in [1.82, 2.24) is 14.5 Å². The number of ether oxygens (including phenoxy) is 1. The van der Waals surface area contributed by atoms with E-state index in [0.29, 0.717) is 34.0 Å². The second kappa shape index (κ2) is 10.4. The molecule has 10 nitrogen and oxygen atoms in total. The van der Waals surface area contributed by atoms with Gasteiger partial charge in [0.2, 0.25) is 15.2 Å². The van der Waals surface area contributed by atoms with Gasteiger partial charge >= 0.3 is 0 Å². The third kappa shape index (κ3) is 5.57. The van der Waals surface area contributed by atoms with E-state index in [1.165, 1.54) is 27.8 Å².